The van der Waals surface area contributed by atoms with Gasteiger partial charge in [-0.1, -0.05) is 0 Å². The number of methoxy groups -OCH3 is 1. The van der Waals surface area contributed by atoms with Crippen LogP contribution in [-0.2, 0) is 10.9 Å². The lowest BCUT2D eigenvalue weighted by atomic mass is 9.93. The highest BCUT2D eigenvalue weighted by Crippen LogP contribution is 2.31. The highest BCUT2D eigenvalue weighted by atomic mass is 32.2. The Balaban J connectivity index is 1.72. The van der Waals surface area contributed by atoms with E-state index in [1.54, 1.807) is 6.07 Å². The molecule has 136 valence electrons. The summed E-state index contributed by atoms with van der Waals surface area (Å²) in [6.07, 6.45) is 4.20. The molecule has 1 aliphatic rings. The number of thiol groups is 1. The standard InChI is InChI=1S/C16H21FN4O3S/c1-24-15-9-14-12(8-13(15)17)16(19-10-18-14)21-6-3-11(4-7-21)2-5-20-25(22)23/h8-11,25H,2-7H2,1H3,(H,20,22,23). The van der Waals surface area contributed by atoms with Gasteiger partial charge in [-0.05, 0) is 31.2 Å². The van der Waals surface area contributed by atoms with E-state index in [1.165, 1.54) is 19.5 Å². The van der Waals surface area contributed by atoms with Crippen LogP contribution in [0.4, 0.5) is 10.2 Å². The van der Waals surface area contributed by atoms with E-state index in [0.29, 0.717) is 23.4 Å². The fourth-order valence-corrected chi connectivity index (χ4v) is 3.56. The van der Waals surface area contributed by atoms with E-state index in [1.807, 2.05) is 0 Å². The van der Waals surface area contributed by atoms with Gasteiger partial charge in [0.05, 0.1) is 12.6 Å². The van der Waals surface area contributed by atoms with Gasteiger partial charge in [-0.2, -0.15) is 0 Å². The molecule has 3 rings (SSSR count). The van der Waals surface area contributed by atoms with Gasteiger partial charge in [0.25, 0.3) is 0 Å². The summed E-state index contributed by atoms with van der Waals surface area (Å²) >= 11 is 0. The second kappa shape index (κ2) is 7.92. The first kappa shape index (κ1) is 17.8. The van der Waals surface area contributed by atoms with Crippen LogP contribution in [0.15, 0.2) is 18.5 Å². The number of fused-ring (bicyclic) bond motifs is 1. The number of piperidine rings is 1. The van der Waals surface area contributed by atoms with Crippen molar-refractivity contribution in [1.82, 2.24) is 14.7 Å². The van der Waals surface area contributed by atoms with E-state index in [9.17, 15) is 12.8 Å². The van der Waals surface area contributed by atoms with Gasteiger partial charge in [-0.3, -0.25) is 0 Å². The summed E-state index contributed by atoms with van der Waals surface area (Å²) in [5.74, 6) is 0.938. The number of ether oxygens (including phenoxy) is 1. The lowest BCUT2D eigenvalue weighted by molar-refractivity contribution is 0.381. The molecule has 25 heavy (non-hydrogen) atoms. The van der Waals surface area contributed by atoms with Gasteiger partial charge in [0, 0.05) is 31.1 Å². The van der Waals surface area contributed by atoms with Crippen LogP contribution in [0.5, 0.6) is 5.75 Å². The molecule has 0 unspecified atom stereocenters. The zero-order valence-electron chi connectivity index (χ0n) is 13.9. The average Bonchev–Trinajstić information content (AvgIpc) is 2.61. The van der Waals surface area contributed by atoms with Gasteiger partial charge in [-0.25, -0.2) is 27.5 Å². The minimum atomic E-state index is -2.52. The first-order valence-corrected chi connectivity index (χ1v) is 9.37. The molecule has 1 saturated heterocycles. The Bertz CT molecular complexity index is 814. The molecule has 0 bridgehead atoms. The molecule has 1 fully saturated rings. The zero-order valence-corrected chi connectivity index (χ0v) is 14.8. The molecule has 1 aromatic carbocycles. The normalized spacial score (nSPS) is 15.9. The SMILES string of the molecule is COc1cc2ncnc(N3CCC(CCN[SH](=O)=O)CC3)c2cc1F. The average molecular weight is 368 g/mol. The van der Waals surface area contributed by atoms with Crippen molar-refractivity contribution in [3.05, 3.63) is 24.3 Å². The zero-order chi connectivity index (χ0) is 17.8. The summed E-state index contributed by atoms with van der Waals surface area (Å²) in [6, 6.07) is 3.00. The van der Waals surface area contributed by atoms with Crippen LogP contribution in [0.2, 0.25) is 0 Å². The lowest BCUT2D eigenvalue weighted by Crippen LogP contribution is -2.35. The van der Waals surface area contributed by atoms with E-state index in [0.717, 1.165) is 38.2 Å². The summed E-state index contributed by atoms with van der Waals surface area (Å²) in [6.45, 7) is 2.08. The molecule has 7 nitrogen and oxygen atoms in total. The Morgan fingerprint density at radius 3 is 2.76 bits per heavy atom. The van der Waals surface area contributed by atoms with E-state index < -0.39 is 16.7 Å². The number of halogens is 1. The minimum absolute atomic E-state index is 0.167. The number of hydrogen-bond acceptors (Lipinski definition) is 6. The molecule has 1 N–H and O–H groups in total. The summed E-state index contributed by atoms with van der Waals surface area (Å²) in [7, 11) is -1.10. The van der Waals surface area contributed by atoms with Crippen LogP contribution in [0.25, 0.3) is 10.9 Å². The first-order valence-electron chi connectivity index (χ1n) is 8.19. The quantitative estimate of drug-likeness (QED) is 0.752. The Hall–Kier alpha value is -2.00. The van der Waals surface area contributed by atoms with Crippen molar-refractivity contribution in [3.8, 4) is 5.75 Å². The number of nitrogens with one attached hydrogen (secondary N) is 1. The van der Waals surface area contributed by atoms with Crippen molar-refractivity contribution in [2.75, 3.05) is 31.6 Å². The summed E-state index contributed by atoms with van der Waals surface area (Å²) < 4.78 is 42.6. The first-order chi connectivity index (χ1) is 12.1. The molecular weight excluding hydrogens is 347 g/mol. The van der Waals surface area contributed by atoms with Gasteiger partial charge in [0.1, 0.15) is 12.1 Å². The second-order valence-corrected chi connectivity index (χ2v) is 6.92. The number of nitrogens with zero attached hydrogens (tertiary/aromatic N) is 3. The van der Waals surface area contributed by atoms with Crippen molar-refractivity contribution in [3.63, 3.8) is 0 Å². The van der Waals surface area contributed by atoms with Crippen LogP contribution < -0.4 is 14.4 Å². The minimum Gasteiger partial charge on any atom is -0.494 e. The molecule has 0 saturated carbocycles. The third-order valence-electron chi connectivity index (χ3n) is 4.60. The van der Waals surface area contributed by atoms with Crippen LogP contribution in [-0.4, -0.2) is 45.1 Å². The van der Waals surface area contributed by atoms with Gasteiger partial charge < -0.3 is 9.64 Å². The van der Waals surface area contributed by atoms with Crippen LogP contribution >= 0.6 is 0 Å². The van der Waals surface area contributed by atoms with E-state index >= 15 is 0 Å². The molecule has 0 aliphatic carbocycles. The second-order valence-electron chi connectivity index (χ2n) is 6.09. The maximum atomic E-state index is 14.1. The number of benzene rings is 1. The molecule has 1 aromatic heterocycles. The molecule has 9 heteroatoms. The molecule has 0 atom stereocenters. The van der Waals surface area contributed by atoms with Crippen LogP contribution in [0.1, 0.15) is 19.3 Å². The van der Waals surface area contributed by atoms with Crippen molar-refractivity contribution in [1.29, 1.82) is 0 Å². The van der Waals surface area contributed by atoms with Crippen LogP contribution in [0.3, 0.4) is 0 Å². The lowest BCUT2D eigenvalue weighted by Gasteiger charge is -2.33. The maximum absolute atomic E-state index is 14.1. The third kappa shape index (κ3) is 4.16. The van der Waals surface area contributed by atoms with Crippen molar-refractivity contribution in [2.45, 2.75) is 19.3 Å². The molecular formula is C16H21FN4O3S. The third-order valence-corrected chi connectivity index (χ3v) is 5.08. The monoisotopic (exact) mass is 368 g/mol. The van der Waals surface area contributed by atoms with Crippen LogP contribution in [0, 0.1) is 11.7 Å². The van der Waals surface area contributed by atoms with Crippen molar-refractivity contribution in [2.24, 2.45) is 5.92 Å². The van der Waals surface area contributed by atoms with Gasteiger partial charge in [0.2, 0.25) is 10.9 Å². The Kier molecular flexibility index (Phi) is 5.64. The highest BCUT2D eigenvalue weighted by Gasteiger charge is 2.22. The van der Waals surface area contributed by atoms with E-state index in [2.05, 4.69) is 19.6 Å². The number of rotatable bonds is 6. The fraction of sp³-hybridized carbons (Fsp3) is 0.500. The molecule has 0 radical (unpaired) electrons. The summed E-state index contributed by atoms with van der Waals surface area (Å²) in [5.41, 5.74) is 0.647. The Morgan fingerprint density at radius 2 is 2.08 bits per heavy atom. The van der Waals surface area contributed by atoms with E-state index in [4.69, 9.17) is 4.74 Å². The van der Waals surface area contributed by atoms with E-state index in [-0.39, 0.29) is 5.75 Å². The van der Waals surface area contributed by atoms with Gasteiger partial charge >= 0.3 is 0 Å². The van der Waals surface area contributed by atoms with Crippen molar-refractivity contribution < 1.29 is 17.5 Å². The molecule has 1 aliphatic heterocycles. The molecule has 0 spiro atoms. The molecule has 2 heterocycles. The fourth-order valence-electron chi connectivity index (χ4n) is 3.25. The predicted molar refractivity (Wildman–Crippen MR) is 93.9 cm³/mol. The smallest absolute Gasteiger partial charge is 0.201 e. The number of anilines is 1. The van der Waals surface area contributed by atoms with Crippen molar-refractivity contribution >= 4 is 27.6 Å². The number of hydrogen-bond donors (Lipinski definition) is 2. The van der Waals surface area contributed by atoms with Gasteiger partial charge in [0.15, 0.2) is 11.6 Å². The largest absolute Gasteiger partial charge is 0.494 e. The maximum Gasteiger partial charge on any atom is 0.201 e. The Morgan fingerprint density at radius 1 is 1.32 bits per heavy atom. The summed E-state index contributed by atoms with van der Waals surface area (Å²) in [4.78, 5) is 10.7. The topological polar surface area (TPSA) is 84.4 Å². The molecule has 0 amide bonds. The number of aromatic nitrogens is 2. The highest BCUT2D eigenvalue weighted by molar-refractivity contribution is 7.70. The Labute approximate surface area is 147 Å². The molecule has 2 aromatic rings. The van der Waals surface area contributed by atoms with Gasteiger partial charge in [-0.15, -0.1) is 0 Å². The summed E-state index contributed by atoms with van der Waals surface area (Å²) in [5, 5.41) is 0.671. The predicted octanol–water partition coefficient (Wildman–Crippen LogP) is 1.50.